The molecule has 1 aliphatic heterocycles. The van der Waals surface area contributed by atoms with Gasteiger partial charge >= 0.3 is 0 Å². The summed E-state index contributed by atoms with van der Waals surface area (Å²) >= 11 is 5.92. The van der Waals surface area contributed by atoms with Crippen LogP contribution in [0.15, 0.2) is 12.1 Å². The van der Waals surface area contributed by atoms with Crippen LogP contribution in [0.3, 0.4) is 0 Å². The minimum Gasteiger partial charge on any atom is -0.396 e. The van der Waals surface area contributed by atoms with Gasteiger partial charge in [-0.05, 0) is 25.6 Å². The number of aromatic nitrogens is 1. The van der Waals surface area contributed by atoms with Crippen molar-refractivity contribution in [3.8, 4) is 0 Å². The second-order valence-electron chi connectivity index (χ2n) is 4.47. The smallest absolute Gasteiger partial charge is 0.153 e. The zero-order valence-electron chi connectivity index (χ0n) is 10.4. The van der Waals surface area contributed by atoms with Gasteiger partial charge < -0.3 is 10.6 Å². The topological polar surface area (TPSA) is 45.4 Å². The summed E-state index contributed by atoms with van der Waals surface area (Å²) in [7, 11) is 0. The van der Waals surface area contributed by atoms with Crippen LogP contribution in [0.4, 0.5) is 11.5 Å². The summed E-state index contributed by atoms with van der Waals surface area (Å²) in [6.45, 7) is 8.47. The second-order valence-corrected chi connectivity index (χ2v) is 4.86. The molecule has 0 bridgehead atoms. The Morgan fingerprint density at radius 2 is 2.24 bits per heavy atom. The van der Waals surface area contributed by atoms with Gasteiger partial charge in [-0.15, -0.1) is 0 Å². The molecule has 2 N–H and O–H groups in total. The Morgan fingerprint density at radius 3 is 2.88 bits per heavy atom. The number of piperazine rings is 1. The SMILES string of the molecule is CCN1CCN(c2nc(Cl)ccc2N)CC1C. The summed E-state index contributed by atoms with van der Waals surface area (Å²) in [6.07, 6.45) is 0. The van der Waals surface area contributed by atoms with Crippen LogP contribution in [0.1, 0.15) is 13.8 Å². The molecule has 0 saturated carbocycles. The van der Waals surface area contributed by atoms with Crippen molar-refractivity contribution < 1.29 is 0 Å². The van der Waals surface area contributed by atoms with E-state index in [1.807, 2.05) is 6.07 Å². The van der Waals surface area contributed by atoms with E-state index in [-0.39, 0.29) is 0 Å². The van der Waals surface area contributed by atoms with E-state index in [9.17, 15) is 0 Å². The number of nitrogens with two attached hydrogens (primary N) is 1. The number of nitrogen functional groups attached to an aromatic ring is 1. The van der Waals surface area contributed by atoms with Crippen molar-refractivity contribution in [1.82, 2.24) is 9.88 Å². The molecule has 0 aromatic carbocycles. The van der Waals surface area contributed by atoms with Gasteiger partial charge in [-0.3, -0.25) is 4.90 Å². The molecule has 2 heterocycles. The molecule has 0 radical (unpaired) electrons. The van der Waals surface area contributed by atoms with Crippen molar-refractivity contribution in [2.45, 2.75) is 19.9 Å². The maximum absolute atomic E-state index is 5.96. The Kier molecular flexibility index (Phi) is 3.74. The summed E-state index contributed by atoms with van der Waals surface area (Å²) < 4.78 is 0. The molecule has 5 heteroatoms. The number of hydrogen-bond acceptors (Lipinski definition) is 4. The number of halogens is 1. The summed E-state index contributed by atoms with van der Waals surface area (Å²) in [5.74, 6) is 0.820. The number of nitrogens with zero attached hydrogens (tertiary/aromatic N) is 3. The third kappa shape index (κ3) is 2.64. The third-order valence-electron chi connectivity index (χ3n) is 3.34. The fraction of sp³-hybridized carbons (Fsp3) is 0.583. The lowest BCUT2D eigenvalue weighted by molar-refractivity contribution is 0.199. The van der Waals surface area contributed by atoms with E-state index in [0.717, 1.165) is 32.0 Å². The highest BCUT2D eigenvalue weighted by Gasteiger charge is 2.24. The predicted molar refractivity (Wildman–Crippen MR) is 72.6 cm³/mol. The van der Waals surface area contributed by atoms with Gasteiger partial charge in [-0.1, -0.05) is 18.5 Å². The molecular weight excluding hydrogens is 236 g/mol. The first kappa shape index (κ1) is 12.5. The summed E-state index contributed by atoms with van der Waals surface area (Å²) in [4.78, 5) is 9.01. The quantitative estimate of drug-likeness (QED) is 0.819. The first-order valence-electron chi connectivity index (χ1n) is 6.02. The number of rotatable bonds is 2. The average Bonchev–Trinajstić information content (AvgIpc) is 2.32. The fourth-order valence-corrected chi connectivity index (χ4v) is 2.49. The number of likely N-dealkylation sites (N-methyl/N-ethyl adjacent to an activating group) is 1. The fourth-order valence-electron chi connectivity index (χ4n) is 2.35. The zero-order valence-corrected chi connectivity index (χ0v) is 11.1. The normalized spacial score (nSPS) is 21.8. The molecule has 1 fully saturated rings. The van der Waals surface area contributed by atoms with Crippen LogP contribution >= 0.6 is 11.6 Å². The molecule has 1 aliphatic rings. The third-order valence-corrected chi connectivity index (χ3v) is 3.55. The molecule has 1 unspecified atom stereocenters. The molecular formula is C12H19ClN4. The van der Waals surface area contributed by atoms with E-state index in [0.29, 0.717) is 16.9 Å². The number of pyridine rings is 1. The van der Waals surface area contributed by atoms with Crippen LogP contribution in [-0.4, -0.2) is 42.1 Å². The van der Waals surface area contributed by atoms with Crippen LogP contribution < -0.4 is 10.6 Å². The Labute approximate surface area is 107 Å². The van der Waals surface area contributed by atoms with Gasteiger partial charge in [0.15, 0.2) is 5.82 Å². The van der Waals surface area contributed by atoms with Crippen molar-refractivity contribution in [2.24, 2.45) is 0 Å². The lowest BCUT2D eigenvalue weighted by Crippen LogP contribution is -2.52. The van der Waals surface area contributed by atoms with E-state index in [4.69, 9.17) is 17.3 Å². The van der Waals surface area contributed by atoms with Crippen molar-refractivity contribution in [3.05, 3.63) is 17.3 Å². The summed E-state index contributed by atoms with van der Waals surface area (Å²) in [5.41, 5.74) is 6.66. The molecule has 0 spiro atoms. The van der Waals surface area contributed by atoms with Crippen LogP contribution in [0.2, 0.25) is 5.15 Å². The van der Waals surface area contributed by atoms with Crippen LogP contribution in [0.5, 0.6) is 0 Å². The highest BCUT2D eigenvalue weighted by Crippen LogP contribution is 2.25. The molecule has 0 amide bonds. The number of hydrogen-bond donors (Lipinski definition) is 1. The van der Waals surface area contributed by atoms with Gasteiger partial charge in [0.05, 0.1) is 5.69 Å². The maximum Gasteiger partial charge on any atom is 0.153 e. The largest absolute Gasteiger partial charge is 0.396 e. The second kappa shape index (κ2) is 5.10. The molecule has 1 aromatic heterocycles. The van der Waals surface area contributed by atoms with E-state index >= 15 is 0 Å². The molecule has 94 valence electrons. The maximum atomic E-state index is 5.96. The Morgan fingerprint density at radius 1 is 1.47 bits per heavy atom. The van der Waals surface area contributed by atoms with E-state index in [2.05, 4.69) is 28.6 Å². The Balaban J connectivity index is 2.16. The average molecular weight is 255 g/mol. The zero-order chi connectivity index (χ0) is 12.4. The number of anilines is 2. The molecule has 4 nitrogen and oxygen atoms in total. The van der Waals surface area contributed by atoms with Gasteiger partial charge in [-0.25, -0.2) is 4.98 Å². The minimum atomic E-state index is 0.500. The summed E-state index contributed by atoms with van der Waals surface area (Å²) in [6, 6.07) is 4.07. The minimum absolute atomic E-state index is 0.500. The lowest BCUT2D eigenvalue weighted by atomic mass is 10.2. The molecule has 1 atom stereocenters. The van der Waals surface area contributed by atoms with Gasteiger partial charge in [0, 0.05) is 25.7 Å². The molecule has 2 rings (SSSR count). The van der Waals surface area contributed by atoms with Gasteiger partial charge in [0.1, 0.15) is 5.15 Å². The van der Waals surface area contributed by atoms with Crippen LogP contribution in [0, 0.1) is 0 Å². The van der Waals surface area contributed by atoms with Crippen molar-refractivity contribution in [3.63, 3.8) is 0 Å². The predicted octanol–water partition coefficient (Wildman–Crippen LogP) is 1.85. The van der Waals surface area contributed by atoms with Gasteiger partial charge in [-0.2, -0.15) is 0 Å². The summed E-state index contributed by atoms with van der Waals surface area (Å²) in [5, 5.41) is 0.500. The van der Waals surface area contributed by atoms with E-state index < -0.39 is 0 Å². The van der Waals surface area contributed by atoms with Gasteiger partial charge in [0.2, 0.25) is 0 Å². The van der Waals surface area contributed by atoms with E-state index in [1.54, 1.807) is 6.07 Å². The van der Waals surface area contributed by atoms with Crippen LogP contribution in [0.25, 0.3) is 0 Å². The Hall–Kier alpha value is -1.00. The Bertz CT molecular complexity index is 396. The van der Waals surface area contributed by atoms with Crippen LogP contribution in [-0.2, 0) is 0 Å². The van der Waals surface area contributed by atoms with Crippen molar-refractivity contribution in [2.75, 3.05) is 36.8 Å². The monoisotopic (exact) mass is 254 g/mol. The van der Waals surface area contributed by atoms with E-state index in [1.165, 1.54) is 0 Å². The lowest BCUT2D eigenvalue weighted by Gasteiger charge is -2.40. The highest BCUT2D eigenvalue weighted by molar-refractivity contribution is 6.29. The van der Waals surface area contributed by atoms with Crippen molar-refractivity contribution in [1.29, 1.82) is 0 Å². The molecule has 0 aliphatic carbocycles. The standard InChI is InChI=1S/C12H19ClN4/c1-3-16-6-7-17(8-9(16)2)12-10(14)4-5-11(13)15-12/h4-5,9H,3,6-8,14H2,1-2H3. The first-order valence-corrected chi connectivity index (χ1v) is 6.40. The molecule has 1 aromatic rings. The molecule has 1 saturated heterocycles. The first-order chi connectivity index (χ1) is 8.11. The molecule has 17 heavy (non-hydrogen) atoms. The van der Waals surface area contributed by atoms with Crippen molar-refractivity contribution >= 4 is 23.1 Å². The van der Waals surface area contributed by atoms with Gasteiger partial charge in [0.25, 0.3) is 0 Å². The highest BCUT2D eigenvalue weighted by atomic mass is 35.5.